The Hall–Kier alpha value is -1.82. The Balaban J connectivity index is 2.27. The molecule has 4 nitrogen and oxygen atoms in total. The van der Waals surface area contributed by atoms with Crippen LogP contribution in [-0.4, -0.2) is 16.7 Å². The van der Waals surface area contributed by atoms with Gasteiger partial charge in [-0.05, 0) is 25.1 Å². The first kappa shape index (κ1) is 11.7. The van der Waals surface area contributed by atoms with Crippen molar-refractivity contribution in [1.82, 2.24) is 10.2 Å². The Bertz CT molecular complexity index is 513. The van der Waals surface area contributed by atoms with Gasteiger partial charge in [0.2, 0.25) is 5.89 Å². The molecular formula is C11H11F2N3O. The van der Waals surface area contributed by atoms with Gasteiger partial charge >= 0.3 is 0 Å². The molecule has 0 spiro atoms. The molecule has 1 aromatic carbocycles. The van der Waals surface area contributed by atoms with E-state index in [0.717, 1.165) is 6.07 Å². The van der Waals surface area contributed by atoms with Gasteiger partial charge in [0, 0.05) is 6.42 Å². The van der Waals surface area contributed by atoms with Gasteiger partial charge in [0.1, 0.15) is 0 Å². The predicted octanol–water partition coefficient (Wildman–Crippen LogP) is 1.91. The van der Waals surface area contributed by atoms with Crippen molar-refractivity contribution < 1.29 is 13.2 Å². The van der Waals surface area contributed by atoms with E-state index in [-0.39, 0.29) is 11.5 Å². The van der Waals surface area contributed by atoms with E-state index in [0.29, 0.717) is 25.3 Å². The normalized spacial score (nSPS) is 10.8. The summed E-state index contributed by atoms with van der Waals surface area (Å²) in [5.41, 5.74) is 5.31. The first-order chi connectivity index (χ1) is 8.22. The maximum atomic E-state index is 13.4. The summed E-state index contributed by atoms with van der Waals surface area (Å²) in [7, 11) is 0. The van der Waals surface area contributed by atoms with Gasteiger partial charge in [-0.3, -0.25) is 0 Å². The molecule has 2 N–H and O–H groups in total. The van der Waals surface area contributed by atoms with E-state index in [1.54, 1.807) is 0 Å². The number of rotatable bonds is 4. The minimum absolute atomic E-state index is 0.0194. The lowest BCUT2D eigenvalue weighted by atomic mass is 10.2. The Labute approximate surface area is 96.5 Å². The molecule has 0 aliphatic heterocycles. The predicted molar refractivity (Wildman–Crippen MR) is 57.0 cm³/mol. The maximum absolute atomic E-state index is 13.4. The molecule has 90 valence electrons. The molecule has 0 atom stereocenters. The zero-order chi connectivity index (χ0) is 12.3. The summed E-state index contributed by atoms with van der Waals surface area (Å²) in [5.74, 6) is -1.58. The Morgan fingerprint density at radius 2 is 2.06 bits per heavy atom. The first-order valence-corrected chi connectivity index (χ1v) is 5.19. The molecular weight excluding hydrogens is 228 g/mol. The lowest BCUT2D eigenvalue weighted by Gasteiger charge is -1.97. The number of nitrogens with zero attached hydrogens (tertiary/aromatic N) is 2. The smallest absolute Gasteiger partial charge is 0.250 e. The highest BCUT2D eigenvalue weighted by Crippen LogP contribution is 2.23. The second-order valence-electron chi connectivity index (χ2n) is 3.49. The summed E-state index contributed by atoms with van der Waals surface area (Å²) in [5, 5.41) is 7.42. The SMILES string of the molecule is NCCCc1nnc(-c2cccc(F)c2F)o1. The number of nitrogens with two attached hydrogens (primary N) is 1. The highest BCUT2D eigenvalue weighted by Gasteiger charge is 2.15. The third-order valence-electron chi connectivity index (χ3n) is 2.24. The van der Waals surface area contributed by atoms with Gasteiger partial charge in [0.05, 0.1) is 5.56 Å². The van der Waals surface area contributed by atoms with Gasteiger partial charge in [-0.15, -0.1) is 10.2 Å². The molecule has 0 amide bonds. The molecule has 17 heavy (non-hydrogen) atoms. The molecule has 0 aliphatic carbocycles. The van der Waals surface area contributed by atoms with E-state index >= 15 is 0 Å². The van der Waals surface area contributed by atoms with Crippen molar-refractivity contribution >= 4 is 0 Å². The molecule has 6 heteroatoms. The van der Waals surface area contributed by atoms with E-state index in [1.165, 1.54) is 12.1 Å². The largest absolute Gasteiger partial charge is 0.421 e. The Morgan fingerprint density at radius 1 is 1.24 bits per heavy atom. The Kier molecular flexibility index (Phi) is 3.43. The summed E-state index contributed by atoms with van der Waals surface area (Å²) < 4.78 is 31.6. The van der Waals surface area contributed by atoms with Crippen molar-refractivity contribution in [3.8, 4) is 11.5 Å². The lowest BCUT2D eigenvalue weighted by Crippen LogP contribution is -2.00. The summed E-state index contributed by atoms with van der Waals surface area (Å²) >= 11 is 0. The van der Waals surface area contributed by atoms with Crippen LogP contribution in [0.5, 0.6) is 0 Å². The monoisotopic (exact) mass is 239 g/mol. The van der Waals surface area contributed by atoms with Crippen molar-refractivity contribution in [3.63, 3.8) is 0 Å². The number of halogens is 2. The summed E-state index contributed by atoms with van der Waals surface area (Å²) in [6, 6.07) is 3.81. The van der Waals surface area contributed by atoms with Crippen molar-refractivity contribution in [1.29, 1.82) is 0 Å². The van der Waals surface area contributed by atoms with Crippen LogP contribution in [-0.2, 0) is 6.42 Å². The minimum atomic E-state index is -0.985. The van der Waals surface area contributed by atoms with Gasteiger partial charge in [-0.1, -0.05) is 6.07 Å². The molecule has 0 radical (unpaired) electrons. The first-order valence-electron chi connectivity index (χ1n) is 5.19. The van der Waals surface area contributed by atoms with Crippen LogP contribution in [0.4, 0.5) is 8.78 Å². The molecule has 2 aromatic rings. The average Bonchev–Trinajstić information content (AvgIpc) is 2.78. The number of benzene rings is 1. The van der Waals surface area contributed by atoms with Gasteiger partial charge < -0.3 is 10.2 Å². The third-order valence-corrected chi connectivity index (χ3v) is 2.24. The second kappa shape index (κ2) is 5.01. The number of hydrogen-bond acceptors (Lipinski definition) is 4. The molecule has 1 heterocycles. The average molecular weight is 239 g/mol. The van der Waals surface area contributed by atoms with Crippen LogP contribution in [0.15, 0.2) is 22.6 Å². The van der Waals surface area contributed by atoms with Crippen LogP contribution < -0.4 is 5.73 Å². The molecule has 0 fully saturated rings. The van der Waals surface area contributed by atoms with Crippen LogP contribution in [0, 0.1) is 11.6 Å². The van der Waals surface area contributed by atoms with Gasteiger partial charge in [-0.2, -0.15) is 0 Å². The van der Waals surface area contributed by atoms with Gasteiger partial charge in [-0.25, -0.2) is 8.78 Å². The highest BCUT2D eigenvalue weighted by molar-refractivity contribution is 5.53. The van der Waals surface area contributed by atoms with Crippen molar-refractivity contribution in [2.45, 2.75) is 12.8 Å². The standard InChI is InChI=1S/C11H11F2N3O/c12-8-4-1-3-7(10(8)13)11-16-15-9(17-11)5-2-6-14/h1,3-4H,2,5-6,14H2. The molecule has 0 unspecified atom stereocenters. The van der Waals surface area contributed by atoms with E-state index in [2.05, 4.69) is 10.2 Å². The van der Waals surface area contributed by atoms with Gasteiger partial charge in [0.15, 0.2) is 11.6 Å². The van der Waals surface area contributed by atoms with E-state index in [9.17, 15) is 8.78 Å². The molecule has 2 rings (SSSR count). The van der Waals surface area contributed by atoms with Crippen molar-refractivity contribution in [3.05, 3.63) is 35.7 Å². The minimum Gasteiger partial charge on any atom is -0.421 e. The van der Waals surface area contributed by atoms with E-state index in [1.807, 2.05) is 0 Å². The highest BCUT2D eigenvalue weighted by atomic mass is 19.2. The van der Waals surface area contributed by atoms with E-state index in [4.69, 9.17) is 10.2 Å². The number of aromatic nitrogens is 2. The number of hydrogen-bond donors (Lipinski definition) is 1. The van der Waals surface area contributed by atoms with Crippen LogP contribution in [0.25, 0.3) is 11.5 Å². The Morgan fingerprint density at radius 3 is 2.82 bits per heavy atom. The van der Waals surface area contributed by atoms with Crippen LogP contribution >= 0.6 is 0 Å². The summed E-state index contributed by atoms with van der Waals surface area (Å²) in [6.07, 6.45) is 1.23. The second-order valence-corrected chi connectivity index (χ2v) is 3.49. The molecule has 0 aliphatic rings. The summed E-state index contributed by atoms with van der Waals surface area (Å²) in [6.45, 7) is 0.506. The fraction of sp³-hybridized carbons (Fsp3) is 0.273. The summed E-state index contributed by atoms with van der Waals surface area (Å²) in [4.78, 5) is 0. The molecule has 0 saturated heterocycles. The molecule has 0 saturated carbocycles. The third kappa shape index (κ3) is 2.47. The zero-order valence-corrected chi connectivity index (χ0v) is 8.99. The van der Waals surface area contributed by atoms with Gasteiger partial charge in [0.25, 0.3) is 5.89 Å². The van der Waals surface area contributed by atoms with Crippen LogP contribution in [0.3, 0.4) is 0 Å². The topological polar surface area (TPSA) is 64.9 Å². The molecule has 1 aromatic heterocycles. The number of aryl methyl sites for hydroxylation is 1. The lowest BCUT2D eigenvalue weighted by molar-refractivity contribution is 0.483. The fourth-order valence-corrected chi connectivity index (χ4v) is 1.39. The van der Waals surface area contributed by atoms with Crippen molar-refractivity contribution in [2.24, 2.45) is 5.73 Å². The van der Waals surface area contributed by atoms with Crippen LogP contribution in [0.2, 0.25) is 0 Å². The van der Waals surface area contributed by atoms with Crippen molar-refractivity contribution in [2.75, 3.05) is 6.54 Å². The zero-order valence-electron chi connectivity index (χ0n) is 8.99. The fourth-order valence-electron chi connectivity index (χ4n) is 1.39. The van der Waals surface area contributed by atoms with E-state index < -0.39 is 11.6 Å². The van der Waals surface area contributed by atoms with Crippen LogP contribution in [0.1, 0.15) is 12.3 Å². The maximum Gasteiger partial charge on any atom is 0.250 e. The molecule has 0 bridgehead atoms. The quantitative estimate of drug-likeness (QED) is 0.885.